The Kier molecular flexibility index (Phi) is 3.81. The zero-order valence-corrected chi connectivity index (χ0v) is 11.3. The van der Waals surface area contributed by atoms with Crippen LogP contribution >= 0.6 is 0 Å². The van der Waals surface area contributed by atoms with Crippen LogP contribution in [-0.2, 0) is 18.6 Å². The first-order valence-electron chi connectivity index (χ1n) is 6.29. The van der Waals surface area contributed by atoms with Gasteiger partial charge in [-0.2, -0.15) is 0 Å². The summed E-state index contributed by atoms with van der Waals surface area (Å²) >= 11 is 0. The number of rotatable bonds is 6. The molecule has 0 amide bonds. The largest absolute Gasteiger partial charge is 0.337 e. The summed E-state index contributed by atoms with van der Waals surface area (Å²) in [5, 5.41) is 3.31. The standard InChI is InChI=1S/C13H21N5/c1-13(2,14-3)12-9-16-11-18(12)7-4-6-17-8-5-15-10-17/h5,8-11,14H,4,6-7H2,1-3H3. The molecule has 0 fully saturated rings. The van der Waals surface area contributed by atoms with E-state index in [0.29, 0.717) is 0 Å². The van der Waals surface area contributed by atoms with Gasteiger partial charge in [0.05, 0.1) is 23.9 Å². The van der Waals surface area contributed by atoms with Crippen molar-refractivity contribution in [3.63, 3.8) is 0 Å². The predicted molar refractivity (Wildman–Crippen MR) is 71.2 cm³/mol. The Labute approximate surface area is 108 Å². The summed E-state index contributed by atoms with van der Waals surface area (Å²) in [6.07, 6.45) is 10.6. The average Bonchev–Trinajstić information content (AvgIpc) is 3.00. The number of aryl methyl sites for hydroxylation is 2. The molecule has 2 heterocycles. The van der Waals surface area contributed by atoms with Crippen molar-refractivity contribution in [2.24, 2.45) is 0 Å². The molecule has 0 radical (unpaired) electrons. The van der Waals surface area contributed by atoms with Crippen molar-refractivity contribution >= 4 is 0 Å². The van der Waals surface area contributed by atoms with Crippen LogP contribution in [0.15, 0.2) is 31.2 Å². The van der Waals surface area contributed by atoms with Crippen LogP contribution in [0.25, 0.3) is 0 Å². The van der Waals surface area contributed by atoms with E-state index >= 15 is 0 Å². The van der Waals surface area contributed by atoms with Gasteiger partial charge in [0.2, 0.25) is 0 Å². The normalized spacial score (nSPS) is 11.9. The molecule has 0 aliphatic rings. The first kappa shape index (κ1) is 12.8. The first-order valence-corrected chi connectivity index (χ1v) is 6.29. The van der Waals surface area contributed by atoms with Gasteiger partial charge >= 0.3 is 0 Å². The molecule has 18 heavy (non-hydrogen) atoms. The van der Waals surface area contributed by atoms with Crippen molar-refractivity contribution in [2.45, 2.75) is 38.9 Å². The van der Waals surface area contributed by atoms with Gasteiger partial charge in [-0.25, -0.2) is 9.97 Å². The minimum Gasteiger partial charge on any atom is -0.337 e. The molecule has 0 bridgehead atoms. The van der Waals surface area contributed by atoms with Gasteiger partial charge in [-0.1, -0.05) is 0 Å². The highest BCUT2D eigenvalue weighted by Gasteiger charge is 2.21. The van der Waals surface area contributed by atoms with Crippen molar-refractivity contribution in [1.29, 1.82) is 0 Å². The van der Waals surface area contributed by atoms with E-state index in [2.05, 4.69) is 38.3 Å². The van der Waals surface area contributed by atoms with Crippen molar-refractivity contribution in [1.82, 2.24) is 24.4 Å². The topological polar surface area (TPSA) is 47.7 Å². The fourth-order valence-corrected chi connectivity index (χ4v) is 1.99. The molecule has 0 aromatic carbocycles. The van der Waals surface area contributed by atoms with Crippen LogP contribution in [0.1, 0.15) is 26.0 Å². The third-order valence-corrected chi connectivity index (χ3v) is 3.35. The van der Waals surface area contributed by atoms with Crippen LogP contribution in [0.2, 0.25) is 0 Å². The molecule has 0 aliphatic heterocycles. The molecule has 0 aliphatic carbocycles. The molecule has 0 spiro atoms. The molecular weight excluding hydrogens is 226 g/mol. The second-order valence-corrected chi connectivity index (χ2v) is 5.00. The Bertz CT molecular complexity index is 469. The third kappa shape index (κ3) is 2.79. The molecule has 5 nitrogen and oxygen atoms in total. The fourth-order valence-electron chi connectivity index (χ4n) is 1.99. The van der Waals surface area contributed by atoms with E-state index in [1.165, 1.54) is 5.69 Å². The Morgan fingerprint density at radius 1 is 1.22 bits per heavy atom. The number of hydrogen-bond donors (Lipinski definition) is 1. The number of aromatic nitrogens is 4. The lowest BCUT2D eigenvalue weighted by Gasteiger charge is -2.25. The fraction of sp³-hybridized carbons (Fsp3) is 0.538. The van der Waals surface area contributed by atoms with Crippen LogP contribution in [0.3, 0.4) is 0 Å². The van der Waals surface area contributed by atoms with Gasteiger partial charge in [-0.05, 0) is 27.3 Å². The minimum absolute atomic E-state index is 0.0501. The third-order valence-electron chi connectivity index (χ3n) is 3.35. The number of hydrogen-bond acceptors (Lipinski definition) is 3. The summed E-state index contributed by atoms with van der Waals surface area (Å²) in [6.45, 7) is 6.28. The Morgan fingerprint density at radius 3 is 2.72 bits per heavy atom. The monoisotopic (exact) mass is 247 g/mol. The lowest BCUT2D eigenvalue weighted by molar-refractivity contribution is 0.402. The van der Waals surface area contributed by atoms with Crippen molar-refractivity contribution in [3.05, 3.63) is 36.9 Å². The van der Waals surface area contributed by atoms with Crippen LogP contribution in [0.5, 0.6) is 0 Å². The van der Waals surface area contributed by atoms with Gasteiger partial charge in [-0.3, -0.25) is 0 Å². The number of nitrogens with one attached hydrogen (secondary N) is 1. The van der Waals surface area contributed by atoms with E-state index in [9.17, 15) is 0 Å². The second kappa shape index (κ2) is 5.35. The van der Waals surface area contributed by atoms with Gasteiger partial charge in [0.1, 0.15) is 0 Å². The molecule has 98 valence electrons. The van der Waals surface area contributed by atoms with Gasteiger partial charge in [0.25, 0.3) is 0 Å². The highest BCUT2D eigenvalue weighted by Crippen LogP contribution is 2.19. The Balaban J connectivity index is 1.96. The van der Waals surface area contributed by atoms with E-state index < -0.39 is 0 Å². The van der Waals surface area contributed by atoms with Gasteiger partial charge in [0.15, 0.2) is 0 Å². The summed E-state index contributed by atoms with van der Waals surface area (Å²) in [4.78, 5) is 8.30. The van der Waals surface area contributed by atoms with Crippen LogP contribution < -0.4 is 5.32 Å². The number of nitrogens with zero attached hydrogens (tertiary/aromatic N) is 4. The molecular formula is C13H21N5. The van der Waals surface area contributed by atoms with Crippen molar-refractivity contribution < 1.29 is 0 Å². The molecule has 2 aromatic heterocycles. The van der Waals surface area contributed by atoms with E-state index in [-0.39, 0.29) is 5.54 Å². The zero-order valence-electron chi connectivity index (χ0n) is 11.3. The average molecular weight is 247 g/mol. The lowest BCUT2D eigenvalue weighted by Crippen LogP contribution is -2.35. The smallest absolute Gasteiger partial charge is 0.0948 e. The predicted octanol–water partition coefficient (Wildman–Crippen LogP) is 1.62. The van der Waals surface area contributed by atoms with E-state index in [1.807, 2.05) is 38.3 Å². The Morgan fingerprint density at radius 2 is 2.06 bits per heavy atom. The summed E-state index contributed by atoms with van der Waals surface area (Å²) in [5.74, 6) is 0. The first-order chi connectivity index (χ1) is 8.63. The molecule has 0 unspecified atom stereocenters. The zero-order chi connectivity index (χ0) is 13.0. The summed E-state index contributed by atoms with van der Waals surface area (Å²) in [7, 11) is 1.98. The summed E-state index contributed by atoms with van der Waals surface area (Å²) in [6, 6.07) is 0. The molecule has 0 atom stereocenters. The Hall–Kier alpha value is -1.62. The van der Waals surface area contributed by atoms with Gasteiger partial charge in [-0.15, -0.1) is 0 Å². The minimum atomic E-state index is -0.0501. The molecule has 1 N–H and O–H groups in total. The summed E-state index contributed by atoms with van der Waals surface area (Å²) < 4.78 is 4.31. The second-order valence-electron chi connectivity index (χ2n) is 5.00. The lowest BCUT2D eigenvalue weighted by atomic mass is 10.0. The van der Waals surface area contributed by atoms with Gasteiger partial charge in [0, 0.05) is 31.7 Å². The molecule has 2 aromatic rings. The molecule has 2 rings (SSSR count). The number of imidazole rings is 2. The highest BCUT2D eigenvalue weighted by atomic mass is 15.1. The van der Waals surface area contributed by atoms with Crippen molar-refractivity contribution in [2.75, 3.05) is 7.05 Å². The van der Waals surface area contributed by atoms with Crippen LogP contribution in [-0.4, -0.2) is 26.1 Å². The maximum atomic E-state index is 4.26. The van der Waals surface area contributed by atoms with Crippen molar-refractivity contribution in [3.8, 4) is 0 Å². The van der Waals surface area contributed by atoms with Crippen LogP contribution in [0, 0.1) is 0 Å². The molecule has 0 saturated heterocycles. The molecule has 5 heteroatoms. The summed E-state index contributed by atoms with van der Waals surface area (Å²) in [5.41, 5.74) is 1.17. The quantitative estimate of drug-likeness (QED) is 0.844. The van der Waals surface area contributed by atoms with Crippen LogP contribution in [0.4, 0.5) is 0 Å². The van der Waals surface area contributed by atoms with E-state index in [1.54, 1.807) is 0 Å². The molecule has 0 saturated carbocycles. The van der Waals surface area contributed by atoms with E-state index in [0.717, 1.165) is 19.5 Å². The SMILES string of the molecule is CNC(C)(C)c1cncn1CCCn1ccnc1. The maximum absolute atomic E-state index is 4.26. The van der Waals surface area contributed by atoms with Gasteiger partial charge < -0.3 is 14.5 Å². The highest BCUT2D eigenvalue weighted by molar-refractivity contribution is 5.10. The maximum Gasteiger partial charge on any atom is 0.0948 e. The van der Waals surface area contributed by atoms with E-state index in [4.69, 9.17) is 0 Å².